The highest BCUT2D eigenvalue weighted by Crippen LogP contribution is 2.26. The quantitative estimate of drug-likeness (QED) is 0.793. The zero-order valence-electron chi connectivity index (χ0n) is 8.64. The average Bonchev–Trinajstić information content (AvgIpc) is 2.74. The second-order valence-electron chi connectivity index (χ2n) is 2.45. The molecular weight excluding hydrogens is 268 g/mol. The van der Waals surface area contributed by atoms with E-state index in [2.05, 4.69) is 20.8 Å². The maximum Gasteiger partial charge on any atom is 0.321 e. The third-order valence-corrected chi connectivity index (χ3v) is 4.40. The number of nitrogens with one attached hydrogen (secondary N) is 2. The van der Waals surface area contributed by atoms with Gasteiger partial charge in [0.1, 0.15) is 0 Å². The van der Waals surface area contributed by atoms with Gasteiger partial charge < -0.3 is 5.32 Å². The third kappa shape index (κ3) is 4.37. The van der Waals surface area contributed by atoms with Crippen LogP contribution in [0.1, 0.15) is 0 Å². The van der Waals surface area contributed by atoms with Gasteiger partial charge in [-0.1, -0.05) is 34.9 Å². The van der Waals surface area contributed by atoms with Gasteiger partial charge in [0.15, 0.2) is 8.68 Å². The smallest absolute Gasteiger partial charge is 0.321 e. The van der Waals surface area contributed by atoms with E-state index in [1.54, 1.807) is 0 Å². The Morgan fingerprint density at radius 2 is 2.06 bits per heavy atom. The number of imide groups is 1. The summed E-state index contributed by atoms with van der Waals surface area (Å²) < 4.78 is 1.57. The Balaban J connectivity index is 2.34. The van der Waals surface area contributed by atoms with E-state index in [-0.39, 0.29) is 11.7 Å². The standard InChI is InChI=1S/C7H10N4O2S3/c1-8-5(13)9-4(12)3-15-7-11-10-6(14-2)16-7/h3H2,1-2H3,(H2,8,9,12,13). The van der Waals surface area contributed by atoms with Crippen molar-refractivity contribution < 1.29 is 9.59 Å². The number of hydrogen-bond acceptors (Lipinski definition) is 7. The summed E-state index contributed by atoms with van der Waals surface area (Å²) in [6.45, 7) is 0. The van der Waals surface area contributed by atoms with Crippen molar-refractivity contribution in [1.82, 2.24) is 20.8 Å². The van der Waals surface area contributed by atoms with E-state index in [0.717, 1.165) is 8.68 Å². The van der Waals surface area contributed by atoms with Crippen molar-refractivity contribution in [3.05, 3.63) is 0 Å². The number of carbonyl (C=O) groups is 2. The molecule has 0 aliphatic rings. The van der Waals surface area contributed by atoms with Crippen molar-refractivity contribution in [3.63, 3.8) is 0 Å². The van der Waals surface area contributed by atoms with Gasteiger partial charge in [-0.3, -0.25) is 10.1 Å². The number of amides is 3. The Kier molecular flexibility index (Phi) is 5.56. The van der Waals surface area contributed by atoms with Gasteiger partial charge in [0, 0.05) is 7.05 Å². The lowest BCUT2D eigenvalue weighted by Gasteiger charge is -2.00. The van der Waals surface area contributed by atoms with Crippen LogP contribution < -0.4 is 10.6 Å². The summed E-state index contributed by atoms with van der Waals surface area (Å²) in [5, 5.41) is 12.2. The highest BCUT2D eigenvalue weighted by molar-refractivity contribution is 8.03. The lowest BCUT2D eigenvalue weighted by Crippen LogP contribution is -2.38. The molecule has 3 amide bonds. The maximum atomic E-state index is 11.2. The first-order chi connectivity index (χ1) is 7.65. The molecule has 1 aromatic heterocycles. The Morgan fingerprint density at radius 3 is 2.62 bits per heavy atom. The van der Waals surface area contributed by atoms with Gasteiger partial charge in [0.25, 0.3) is 0 Å². The summed E-state index contributed by atoms with van der Waals surface area (Å²) in [6.07, 6.45) is 1.91. The fourth-order valence-corrected chi connectivity index (χ4v) is 2.93. The number of rotatable bonds is 4. The lowest BCUT2D eigenvalue weighted by molar-refractivity contribution is -0.117. The van der Waals surface area contributed by atoms with Crippen molar-refractivity contribution in [1.29, 1.82) is 0 Å². The van der Waals surface area contributed by atoms with Crippen LogP contribution in [0.4, 0.5) is 4.79 Å². The molecule has 0 unspecified atom stereocenters. The van der Waals surface area contributed by atoms with Gasteiger partial charge in [-0.05, 0) is 6.26 Å². The van der Waals surface area contributed by atoms with Crippen LogP contribution in [0, 0.1) is 0 Å². The molecular formula is C7H10N4O2S3. The minimum absolute atomic E-state index is 0.149. The largest absolute Gasteiger partial charge is 0.341 e. The maximum absolute atomic E-state index is 11.2. The average molecular weight is 278 g/mol. The van der Waals surface area contributed by atoms with E-state index in [1.807, 2.05) is 6.26 Å². The predicted molar refractivity (Wildman–Crippen MR) is 65.0 cm³/mol. The molecule has 0 radical (unpaired) electrons. The second-order valence-corrected chi connectivity index (χ2v) is 5.71. The van der Waals surface area contributed by atoms with Gasteiger partial charge in [0.05, 0.1) is 5.75 Å². The van der Waals surface area contributed by atoms with Crippen molar-refractivity contribution in [2.75, 3.05) is 19.1 Å². The molecule has 88 valence electrons. The van der Waals surface area contributed by atoms with Crippen LogP contribution in [0.15, 0.2) is 8.68 Å². The van der Waals surface area contributed by atoms with Crippen LogP contribution in [-0.2, 0) is 4.79 Å². The first kappa shape index (κ1) is 13.3. The normalized spacial score (nSPS) is 9.88. The minimum atomic E-state index is -0.507. The Hall–Kier alpha value is -0.800. The molecule has 1 aromatic rings. The molecule has 0 aliphatic carbocycles. The van der Waals surface area contributed by atoms with Crippen LogP contribution in [0.3, 0.4) is 0 Å². The second kappa shape index (κ2) is 6.71. The third-order valence-electron chi connectivity index (χ3n) is 1.37. The highest BCUT2D eigenvalue weighted by Gasteiger charge is 2.09. The summed E-state index contributed by atoms with van der Waals surface area (Å²) in [5.74, 6) is -0.207. The number of carbonyl (C=O) groups excluding carboxylic acids is 2. The topological polar surface area (TPSA) is 84.0 Å². The van der Waals surface area contributed by atoms with Gasteiger partial charge in [-0.15, -0.1) is 10.2 Å². The van der Waals surface area contributed by atoms with Crippen molar-refractivity contribution >= 4 is 46.8 Å². The number of aromatic nitrogens is 2. The molecule has 16 heavy (non-hydrogen) atoms. The van der Waals surface area contributed by atoms with Crippen molar-refractivity contribution in [3.8, 4) is 0 Å². The van der Waals surface area contributed by atoms with Crippen LogP contribution in [0.25, 0.3) is 0 Å². The van der Waals surface area contributed by atoms with Gasteiger partial charge in [-0.2, -0.15) is 0 Å². The molecule has 0 fully saturated rings. The molecule has 6 nitrogen and oxygen atoms in total. The molecule has 0 aliphatic heterocycles. The van der Waals surface area contributed by atoms with Crippen LogP contribution in [0.5, 0.6) is 0 Å². The van der Waals surface area contributed by atoms with E-state index < -0.39 is 6.03 Å². The first-order valence-corrected chi connectivity index (χ1v) is 7.20. The van der Waals surface area contributed by atoms with E-state index in [9.17, 15) is 9.59 Å². The fraction of sp³-hybridized carbons (Fsp3) is 0.429. The SMILES string of the molecule is CNC(=O)NC(=O)CSc1nnc(SC)s1. The van der Waals surface area contributed by atoms with E-state index in [4.69, 9.17) is 0 Å². The minimum Gasteiger partial charge on any atom is -0.341 e. The van der Waals surface area contributed by atoms with Crippen LogP contribution in [-0.4, -0.2) is 41.2 Å². The summed E-state index contributed by atoms with van der Waals surface area (Å²) in [4.78, 5) is 22.0. The lowest BCUT2D eigenvalue weighted by atomic mass is 10.7. The zero-order chi connectivity index (χ0) is 12.0. The first-order valence-electron chi connectivity index (χ1n) is 4.17. The van der Waals surface area contributed by atoms with Crippen LogP contribution in [0.2, 0.25) is 0 Å². The fourth-order valence-electron chi connectivity index (χ4n) is 0.690. The summed E-state index contributed by atoms with van der Waals surface area (Å²) in [7, 11) is 1.45. The van der Waals surface area contributed by atoms with Gasteiger partial charge in [0.2, 0.25) is 5.91 Å². The number of thioether (sulfide) groups is 2. The Labute approximate surface area is 105 Å². The summed E-state index contributed by atoms with van der Waals surface area (Å²) in [6, 6.07) is -0.507. The Bertz CT molecular complexity index is 381. The molecule has 0 bridgehead atoms. The molecule has 0 saturated carbocycles. The van der Waals surface area contributed by atoms with E-state index in [0.29, 0.717) is 0 Å². The number of hydrogen-bond donors (Lipinski definition) is 2. The van der Waals surface area contributed by atoms with Crippen molar-refractivity contribution in [2.24, 2.45) is 0 Å². The predicted octanol–water partition coefficient (Wildman–Crippen LogP) is 0.808. The molecule has 0 atom stereocenters. The number of urea groups is 1. The summed E-state index contributed by atoms with van der Waals surface area (Å²) >= 11 is 4.18. The summed E-state index contributed by atoms with van der Waals surface area (Å²) in [5.41, 5.74) is 0. The molecule has 0 aromatic carbocycles. The zero-order valence-corrected chi connectivity index (χ0v) is 11.1. The van der Waals surface area contributed by atoms with Gasteiger partial charge >= 0.3 is 6.03 Å². The highest BCUT2D eigenvalue weighted by atomic mass is 32.2. The number of nitrogens with zero attached hydrogens (tertiary/aromatic N) is 2. The molecule has 0 saturated heterocycles. The molecule has 1 heterocycles. The Morgan fingerprint density at radius 1 is 1.38 bits per heavy atom. The monoisotopic (exact) mass is 278 g/mol. The van der Waals surface area contributed by atoms with Gasteiger partial charge in [-0.25, -0.2) is 4.79 Å². The van der Waals surface area contributed by atoms with Crippen LogP contribution >= 0.6 is 34.9 Å². The molecule has 2 N–H and O–H groups in total. The van der Waals surface area contributed by atoms with Crippen molar-refractivity contribution in [2.45, 2.75) is 8.68 Å². The van der Waals surface area contributed by atoms with E-state index >= 15 is 0 Å². The molecule has 0 spiro atoms. The molecule has 1 rings (SSSR count). The van der Waals surface area contributed by atoms with E-state index in [1.165, 1.54) is 41.9 Å². The molecule has 9 heteroatoms.